The fourth-order valence-electron chi connectivity index (χ4n) is 0.829. The van der Waals surface area contributed by atoms with E-state index in [0.29, 0.717) is 0 Å². The Balaban J connectivity index is 0. The van der Waals surface area contributed by atoms with Gasteiger partial charge in [0, 0.05) is 73.5 Å². The third kappa shape index (κ3) is 13.2. The van der Waals surface area contributed by atoms with E-state index in [-0.39, 0.29) is 37.1 Å². The SMILES string of the molecule is [V].[V].[cH-]1[cH-][cH-][cH-][cH-]1.[c]1[c][c][c][c][c]1.c1cc[cH-]c1. The molecule has 0 aromatic heterocycles. The largest absolute Gasteiger partial charge is 0.748 e. The third-order valence-corrected chi connectivity index (χ3v) is 1.49. The van der Waals surface area contributed by atoms with Crippen LogP contribution in [0.25, 0.3) is 0 Å². The molecule has 0 aliphatic heterocycles. The number of hydrogen-bond donors (Lipinski definition) is 0. The maximum atomic E-state index is 2.50. The number of benzene rings is 1. The quantitative estimate of drug-likeness (QED) is 0.559. The molecule has 0 atom stereocenters. The van der Waals surface area contributed by atoms with Gasteiger partial charge in [-0.25, -0.2) is 12.1 Å². The zero-order chi connectivity index (χ0) is 11.3. The summed E-state index contributed by atoms with van der Waals surface area (Å²) in [6.07, 6.45) is 0. The topological polar surface area (TPSA) is 0 Å². The number of rotatable bonds is 0. The van der Waals surface area contributed by atoms with Crippen LogP contribution in [-0.2, 0) is 37.1 Å². The van der Waals surface area contributed by atoms with Crippen LogP contribution in [0, 0.1) is 36.4 Å². The summed E-state index contributed by atoms with van der Waals surface area (Å²) >= 11 is 0. The fourth-order valence-corrected chi connectivity index (χ4v) is 0.829. The van der Waals surface area contributed by atoms with Gasteiger partial charge in [-0.15, -0.1) is 0 Å². The van der Waals surface area contributed by atoms with Crippen LogP contribution in [0.2, 0.25) is 0 Å². The van der Waals surface area contributed by atoms with Crippen LogP contribution in [0.4, 0.5) is 0 Å². The van der Waals surface area contributed by atoms with E-state index in [1.165, 1.54) is 0 Å². The van der Waals surface area contributed by atoms with Gasteiger partial charge in [0.05, 0.1) is 0 Å². The Morgan fingerprint density at radius 1 is 0.500 bits per heavy atom. The molecule has 0 bridgehead atoms. The van der Waals surface area contributed by atoms with Crippen molar-refractivity contribution in [3.63, 3.8) is 0 Å². The molecule has 0 amide bonds. The first kappa shape index (κ1) is 19.4. The first-order valence-electron chi connectivity index (χ1n) is 4.83. The van der Waals surface area contributed by atoms with Crippen LogP contribution in [0.3, 0.4) is 0 Å². The summed E-state index contributed by atoms with van der Waals surface area (Å²) in [7, 11) is 0. The van der Waals surface area contributed by atoms with Crippen molar-refractivity contribution in [3.05, 3.63) is 97.1 Å². The van der Waals surface area contributed by atoms with Crippen LogP contribution >= 0.6 is 0 Å². The maximum absolute atomic E-state index is 2.50. The summed E-state index contributed by atoms with van der Waals surface area (Å²) < 4.78 is 0. The molecule has 3 aromatic carbocycles. The Labute approximate surface area is 134 Å². The van der Waals surface area contributed by atoms with Gasteiger partial charge >= 0.3 is 0 Å². The van der Waals surface area contributed by atoms with Crippen molar-refractivity contribution in [2.75, 3.05) is 0 Å². The normalized spacial score (nSPS) is 7.11. The second kappa shape index (κ2) is 16.1. The van der Waals surface area contributed by atoms with Crippen molar-refractivity contribution in [2.45, 2.75) is 0 Å². The molecule has 8 radical (unpaired) electrons. The van der Waals surface area contributed by atoms with Crippen molar-refractivity contribution < 1.29 is 37.1 Å². The Morgan fingerprint density at radius 3 is 0.944 bits per heavy atom. The van der Waals surface area contributed by atoms with Gasteiger partial charge in [0.1, 0.15) is 0 Å². The molecule has 0 aliphatic rings. The van der Waals surface area contributed by atoms with Gasteiger partial charge < -0.3 is 30.3 Å². The van der Waals surface area contributed by atoms with Gasteiger partial charge in [0.15, 0.2) is 0 Å². The molecule has 0 N–H and O–H groups in total. The summed E-state index contributed by atoms with van der Waals surface area (Å²) in [4.78, 5) is 0. The van der Waals surface area contributed by atoms with Crippen molar-refractivity contribution in [1.82, 2.24) is 0 Å². The summed E-state index contributed by atoms with van der Waals surface area (Å²) in [6.45, 7) is 0. The van der Waals surface area contributed by atoms with Crippen LogP contribution < -0.4 is 0 Å². The monoisotopic (exact) mass is 304 g/mol. The molecule has 0 saturated heterocycles. The predicted octanol–water partition coefficient (Wildman–Crippen LogP) is 3.29. The van der Waals surface area contributed by atoms with E-state index in [4.69, 9.17) is 0 Å². The average molecular weight is 304 g/mol. The Hall–Kier alpha value is -0.911. The summed E-state index contributed by atoms with van der Waals surface area (Å²) in [5.74, 6) is 0. The molecule has 0 nitrogen and oxygen atoms in total. The van der Waals surface area contributed by atoms with E-state index < -0.39 is 0 Å². The van der Waals surface area contributed by atoms with Gasteiger partial charge in [0.25, 0.3) is 0 Å². The van der Waals surface area contributed by atoms with Crippen LogP contribution in [0.1, 0.15) is 0 Å². The molecule has 0 saturated carbocycles. The average Bonchev–Trinajstić information content (AvgIpc) is 3.10. The van der Waals surface area contributed by atoms with Crippen molar-refractivity contribution >= 4 is 0 Å². The summed E-state index contributed by atoms with van der Waals surface area (Å²) in [5, 5.41) is 0. The van der Waals surface area contributed by atoms with Gasteiger partial charge in [0.2, 0.25) is 0 Å². The first-order valence-corrected chi connectivity index (χ1v) is 4.83. The molecule has 2 heteroatoms. The minimum absolute atomic E-state index is 0. The van der Waals surface area contributed by atoms with Crippen molar-refractivity contribution in [2.24, 2.45) is 0 Å². The Bertz CT molecular complexity index is 300. The minimum atomic E-state index is 0. The molecule has 18 heavy (non-hydrogen) atoms. The molecule has 90 valence electrons. The van der Waals surface area contributed by atoms with Crippen molar-refractivity contribution in [3.8, 4) is 0 Å². The zero-order valence-corrected chi connectivity index (χ0v) is 12.5. The second-order valence-electron chi connectivity index (χ2n) is 2.67. The predicted molar refractivity (Wildman–Crippen MR) is 63.5 cm³/mol. The van der Waals surface area contributed by atoms with Crippen LogP contribution in [0.15, 0.2) is 60.7 Å². The molecular formula is C16H10V2-6. The molecule has 0 heterocycles. The van der Waals surface area contributed by atoms with E-state index in [9.17, 15) is 0 Å². The first-order chi connectivity index (χ1) is 8.00. The van der Waals surface area contributed by atoms with E-state index in [1.54, 1.807) is 0 Å². The van der Waals surface area contributed by atoms with Gasteiger partial charge in [-0.05, 0) is 0 Å². The molecule has 0 aliphatic carbocycles. The van der Waals surface area contributed by atoms with E-state index in [0.717, 1.165) is 0 Å². The molecule has 0 fully saturated rings. The minimum Gasteiger partial charge on any atom is -0.748 e. The van der Waals surface area contributed by atoms with Gasteiger partial charge in [-0.1, -0.05) is 0 Å². The number of hydrogen-bond acceptors (Lipinski definition) is 0. The van der Waals surface area contributed by atoms with Crippen molar-refractivity contribution in [1.29, 1.82) is 0 Å². The van der Waals surface area contributed by atoms with Crippen LogP contribution in [-0.4, -0.2) is 0 Å². The van der Waals surface area contributed by atoms with Gasteiger partial charge in [-0.2, -0.15) is 18.2 Å². The fraction of sp³-hybridized carbons (Fsp3) is 0. The molecular weight excluding hydrogens is 294 g/mol. The smallest absolute Gasteiger partial charge is 0 e. The maximum Gasteiger partial charge on any atom is 0 e. The zero-order valence-electron chi connectivity index (χ0n) is 9.67. The molecule has 0 unspecified atom stereocenters. The second-order valence-corrected chi connectivity index (χ2v) is 2.67. The molecule has 3 aromatic rings. The third-order valence-electron chi connectivity index (χ3n) is 1.49. The van der Waals surface area contributed by atoms with E-state index in [2.05, 4.69) is 36.4 Å². The van der Waals surface area contributed by atoms with E-state index >= 15 is 0 Å². The Morgan fingerprint density at radius 2 is 0.778 bits per heavy atom. The van der Waals surface area contributed by atoms with Crippen LogP contribution in [0.5, 0.6) is 0 Å². The Kier molecular flexibility index (Phi) is 17.4. The molecule has 3 rings (SSSR count). The summed E-state index contributed by atoms with van der Waals surface area (Å²) in [5.41, 5.74) is 0. The van der Waals surface area contributed by atoms with Gasteiger partial charge in [-0.3, -0.25) is 0 Å². The summed E-state index contributed by atoms with van der Waals surface area (Å²) in [6, 6.07) is 35.0. The molecule has 0 spiro atoms. The van der Waals surface area contributed by atoms with E-state index in [1.807, 2.05) is 60.7 Å². The standard InChI is InChI=1S/C6.2C5H5.2V/c1-2-4-6-5-3-1;2*1-2-4-5-3-1;;/h;2*1-5H;;/q;-5;-1;;.